The molecule has 2 heterocycles. The van der Waals surface area contributed by atoms with Crippen LogP contribution in [0, 0.1) is 0 Å². The number of Topliss-reactive ketones (excluding diaryl/α,β-unsaturated/α-hetero) is 2. The highest BCUT2D eigenvalue weighted by atomic mass is 16.7. The maximum Gasteiger partial charge on any atom is 0.229 e. The topological polar surface area (TPSA) is 166 Å². The minimum absolute atomic E-state index is 0.166. The fourth-order valence-electron chi connectivity index (χ4n) is 4.00. The summed E-state index contributed by atoms with van der Waals surface area (Å²) in [6, 6.07) is 2.40. The van der Waals surface area contributed by atoms with Crippen LogP contribution in [0.2, 0.25) is 0 Å². The number of carbonyl (C=O) groups excluding carboxylic acids is 2. The van der Waals surface area contributed by atoms with Gasteiger partial charge in [0, 0.05) is 6.42 Å². The van der Waals surface area contributed by atoms with Gasteiger partial charge in [-0.3, -0.25) is 9.59 Å². The molecule has 0 saturated carbocycles. The van der Waals surface area contributed by atoms with Crippen molar-refractivity contribution in [3.05, 3.63) is 34.9 Å². The van der Waals surface area contributed by atoms with Crippen LogP contribution in [-0.2, 0) is 9.47 Å². The first kappa shape index (κ1) is 21.9. The summed E-state index contributed by atoms with van der Waals surface area (Å²) in [5.41, 5.74) is -0.911. The van der Waals surface area contributed by atoms with Gasteiger partial charge in [-0.25, -0.2) is 0 Å². The van der Waals surface area contributed by atoms with E-state index < -0.39 is 66.3 Å². The summed E-state index contributed by atoms with van der Waals surface area (Å²) in [6.07, 6.45) is -6.80. The van der Waals surface area contributed by atoms with Crippen LogP contribution in [0.3, 0.4) is 0 Å². The Bertz CT molecular complexity index is 950. The first-order chi connectivity index (χ1) is 14.6. The Kier molecular flexibility index (Phi) is 5.41. The number of ketones is 2. The number of hydrogen-bond acceptors (Lipinski definition) is 10. The van der Waals surface area contributed by atoms with E-state index in [1.807, 2.05) is 13.8 Å². The second-order valence-electron chi connectivity index (χ2n) is 8.21. The molecule has 4 rings (SSSR count). The van der Waals surface area contributed by atoms with E-state index in [9.17, 15) is 35.1 Å². The SMILES string of the molecule is CC(C)=CCC12OC1C(=O)c1c(O)ccc(OC3OC(CO)C(O)C(O)C3O)c1C2=O. The average Bonchev–Trinajstić information content (AvgIpc) is 3.48. The van der Waals surface area contributed by atoms with Gasteiger partial charge in [0.05, 0.1) is 17.7 Å². The van der Waals surface area contributed by atoms with Crippen molar-refractivity contribution in [2.24, 2.45) is 0 Å². The number of benzene rings is 1. The number of rotatable bonds is 5. The molecule has 2 saturated heterocycles. The Morgan fingerprint density at radius 3 is 2.48 bits per heavy atom. The first-order valence-electron chi connectivity index (χ1n) is 9.85. The van der Waals surface area contributed by atoms with E-state index >= 15 is 0 Å². The zero-order chi connectivity index (χ0) is 22.7. The van der Waals surface area contributed by atoms with E-state index in [-0.39, 0.29) is 23.3 Å². The van der Waals surface area contributed by atoms with Crippen LogP contribution in [-0.4, -0.2) is 86.1 Å². The van der Waals surface area contributed by atoms with Crippen molar-refractivity contribution in [1.82, 2.24) is 0 Å². The van der Waals surface area contributed by atoms with Crippen molar-refractivity contribution in [2.45, 2.75) is 62.7 Å². The van der Waals surface area contributed by atoms with Crippen LogP contribution in [0.4, 0.5) is 0 Å². The number of aliphatic hydroxyl groups is 4. The lowest BCUT2D eigenvalue weighted by Gasteiger charge is -2.39. The molecule has 31 heavy (non-hydrogen) atoms. The lowest BCUT2D eigenvalue weighted by atomic mass is 9.79. The molecule has 0 aromatic heterocycles. The van der Waals surface area contributed by atoms with Gasteiger partial charge in [0.15, 0.2) is 17.5 Å². The number of phenolic OH excluding ortho intramolecular Hbond substituents is 1. The Balaban J connectivity index is 1.71. The van der Waals surface area contributed by atoms with Crippen molar-refractivity contribution < 1.29 is 49.3 Å². The van der Waals surface area contributed by atoms with E-state index in [0.29, 0.717) is 0 Å². The molecular formula is C21H24O10. The van der Waals surface area contributed by atoms with Crippen LogP contribution < -0.4 is 4.74 Å². The maximum absolute atomic E-state index is 13.3. The van der Waals surface area contributed by atoms with Crippen molar-refractivity contribution in [3.63, 3.8) is 0 Å². The normalized spacial score (nSPS) is 36.5. The van der Waals surface area contributed by atoms with Crippen LogP contribution in [0.25, 0.3) is 0 Å². The molecule has 1 aromatic rings. The summed E-state index contributed by atoms with van der Waals surface area (Å²) in [4.78, 5) is 26.2. The molecule has 3 aliphatic rings. The number of epoxide rings is 1. The van der Waals surface area contributed by atoms with E-state index in [1.54, 1.807) is 6.08 Å². The summed E-state index contributed by atoms with van der Waals surface area (Å²) >= 11 is 0. The highest BCUT2D eigenvalue weighted by Crippen LogP contribution is 2.52. The van der Waals surface area contributed by atoms with Gasteiger partial charge < -0.3 is 39.7 Å². The molecule has 7 atom stereocenters. The van der Waals surface area contributed by atoms with Gasteiger partial charge in [-0.05, 0) is 26.0 Å². The molecular weight excluding hydrogens is 412 g/mol. The summed E-state index contributed by atoms with van der Waals surface area (Å²) < 4.78 is 16.5. The van der Waals surface area contributed by atoms with Gasteiger partial charge in [0.1, 0.15) is 35.9 Å². The molecule has 0 radical (unpaired) electrons. The van der Waals surface area contributed by atoms with E-state index in [4.69, 9.17) is 14.2 Å². The monoisotopic (exact) mass is 436 g/mol. The molecule has 1 aliphatic carbocycles. The van der Waals surface area contributed by atoms with Gasteiger partial charge in [-0.2, -0.15) is 0 Å². The number of carbonyl (C=O) groups is 2. The zero-order valence-electron chi connectivity index (χ0n) is 16.9. The summed E-state index contributed by atoms with van der Waals surface area (Å²) in [7, 11) is 0. The predicted octanol–water partition coefficient (Wildman–Crippen LogP) is -0.556. The summed E-state index contributed by atoms with van der Waals surface area (Å²) in [6.45, 7) is 3.03. The first-order valence-corrected chi connectivity index (χ1v) is 9.85. The minimum atomic E-state index is -1.71. The molecule has 10 heteroatoms. The molecule has 0 amide bonds. The summed E-state index contributed by atoms with van der Waals surface area (Å²) in [5.74, 6) is -1.70. The standard InChI is InChI=1S/C21H24O10/c1-8(2)5-6-21-18(28)13-10(4-3-9(23)12(13)15(25)19(21)31-21)29-20-17(27)16(26)14(24)11(7-22)30-20/h3-5,11,14,16-17,19-20,22-24,26-27H,6-7H2,1-2H3. The molecule has 0 spiro atoms. The van der Waals surface area contributed by atoms with Crippen LogP contribution >= 0.6 is 0 Å². The minimum Gasteiger partial charge on any atom is -0.507 e. The van der Waals surface area contributed by atoms with Gasteiger partial charge >= 0.3 is 0 Å². The number of fused-ring (bicyclic) bond motifs is 2. The third-order valence-corrected chi connectivity index (χ3v) is 5.84. The van der Waals surface area contributed by atoms with E-state index in [2.05, 4.69) is 0 Å². The molecule has 2 aliphatic heterocycles. The Morgan fingerprint density at radius 1 is 1.13 bits per heavy atom. The smallest absolute Gasteiger partial charge is 0.229 e. The lowest BCUT2D eigenvalue weighted by Crippen LogP contribution is -2.60. The summed E-state index contributed by atoms with van der Waals surface area (Å²) in [5, 5.41) is 49.7. The molecule has 10 nitrogen and oxygen atoms in total. The number of ether oxygens (including phenoxy) is 3. The molecule has 1 aromatic carbocycles. The van der Waals surface area contributed by atoms with Crippen molar-refractivity contribution in [2.75, 3.05) is 6.61 Å². The molecule has 2 fully saturated rings. The van der Waals surface area contributed by atoms with Gasteiger partial charge in [0.2, 0.25) is 12.1 Å². The number of aromatic hydroxyl groups is 1. The fraction of sp³-hybridized carbons (Fsp3) is 0.524. The predicted molar refractivity (Wildman–Crippen MR) is 103 cm³/mol. The van der Waals surface area contributed by atoms with Crippen LogP contribution in [0.1, 0.15) is 41.0 Å². The average molecular weight is 436 g/mol. The van der Waals surface area contributed by atoms with Crippen molar-refractivity contribution in [3.8, 4) is 11.5 Å². The highest BCUT2D eigenvalue weighted by molar-refractivity contribution is 6.25. The third kappa shape index (κ3) is 3.36. The van der Waals surface area contributed by atoms with Gasteiger partial charge in [-0.15, -0.1) is 0 Å². The fourth-order valence-corrected chi connectivity index (χ4v) is 4.00. The van der Waals surface area contributed by atoms with E-state index in [0.717, 1.165) is 11.6 Å². The Labute approximate surface area is 177 Å². The molecule has 7 unspecified atom stereocenters. The van der Waals surface area contributed by atoms with Crippen LogP contribution in [0.15, 0.2) is 23.8 Å². The highest BCUT2D eigenvalue weighted by Gasteiger charge is 2.69. The maximum atomic E-state index is 13.3. The van der Waals surface area contributed by atoms with Gasteiger partial charge in [0.25, 0.3) is 0 Å². The second kappa shape index (κ2) is 7.66. The molecule has 168 valence electrons. The van der Waals surface area contributed by atoms with E-state index in [1.165, 1.54) is 6.07 Å². The quantitative estimate of drug-likeness (QED) is 0.298. The molecule has 5 N–H and O–H groups in total. The van der Waals surface area contributed by atoms with Gasteiger partial charge in [-0.1, -0.05) is 11.6 Å². The third-order valence-electron chi connectivity index (χ3n) is 5.84. The zero-order valence-corrected chi connectivity index (χ0v) is 16.9. The number of hydrogen-bond donors (Lipinski definition) is 5. The number of allylic oxidation sites excluding steroid dienone is 1. The van der Waals surface area contributed by atoms with Crippen molar-refractivity contribution in [1.29, 1.82) is 0 Å². The Morgan fingerprint density at radius 2 is 1.84 bits per heavy atom. The second-order valence-corrected chi connectivity index (χ2v) is 8.21. The number of phenols is 1. The van der Waals surface area contributed by atoms with Crippen molar-refractivity contribution >= 4 is 11.6 Å². The van der Waals surface area contributed by atoms with Crippen LogP contribution in [0.5, 0.6) is 11.5 Å². The Hall–Kier alpha value is -2.34. The lowest BCUT2D eigenvalue weighted by molar-refractivity contribution is -0.277. The number of aliphatic hydroxyl groups excluding tert-OH is 4. The molecule has 0 bridgehead atoms. The largest absolute Gasteiger partial charge is 0.507 e.